The van der Waals surface area contributed by atoms with Crippen molar-refractivity contribution in [3.05, 3.63) is 0 Å². The van der Waals surface area contributed by atoms with E-state index in [1.54, 1.807) is 6.92 Å². The Hall–Kier alpha value is -0.610. The normalized spacial score (nSPS) is 17.8. The van der Waals surface area contributed by atoms with Gasteiger partial charge in [0.2, 0.25) is 5.91 Å². The van der Waals surface area contributed by atoms with Gasteiger partial charge < -0.3 is 14.7 Å². The molecule has 0 aliphatic carbocycles. The molecule has 1 heterocycles. The Kier molecular flexibility index (Phi) is 6.65. The monoisotopic (exact) mass is 255 g/mol. The summed E-state index contributed by atoms with van der Waals surface area (Å²) in [4.78, 5) is 17.9. The molecule has 0 atom stereocenters. The molecule has 0 radical (unpaired) electrons. The van der Waals surface area contributed by atoms with E-state index < -0.39 is 0 Å². The second kappa shape index (κ2) is 7.74. The van der Waals surface area contributed by atoms with Crippen molar-refractivity contribution < 1.29 is 4.79 Å². The first-order valence-corrected chi connectivity index (χ1v) is 7.11. The average molecular weight is 255 g/mol. The quantitative estimate of drug-likeness (QED) is 0.669. The van der Waals surface area contributed by atoms with E-state index in [0.717, 1.165) is 25.9 Å². The number of hydrogen-bond acceptors (Lipinski definition) is 3. The van der Waals surface area contributed by atoms with E-state index in [1.807, 2.05) is 4.90 Å². The lowest BCUT2D eigenvalue weighted by atomic mass is 10.0. The zero-order valence-corrected chi connectivity index (χ0v) is 12.5. The Bertz CT molecular complexity index is 247. The van der Waals surface area contributed by atoms with Gasteiger partial charge in [-0.2, -0.15) is 0 Å². The summed E-state index contributed by atoms with van der Waals surface area (Å²) in [5.41, 5.74) is 0. The second-order valence-electron chi connectivity index (χ2n) is 5.73. The van der Waals surface area contributed by atoms with Crippen LogP contribution in [0.5, 0.6) is 0 Å². The third-order valence-corrected chi connectivity index (χ3v) is 3.90. The Labute approximate surface area is 112 Å². The number of rotatable bonds is 6. The fourth-order valence-electron chi connectivity index (χ4n) is 2.59. The van der Waals surface area contributed by atoms with Gasteiger partial charge in [0.25, 0.3) is 0 Å². The van der Waals surface area contributed by atoms with Crippen LogP contribution in [0.4, 0.5) is 0 Å². The average Bonchev–Trinajstić information content (AvgIpc) is 2.34. The minimum atomic E-state index is 0.224. The molecule has 0 saturated carbocycles. The first-order valence-electron chi connectivity index (χ1n) is 7.11. The number of unbranched alkanes of at least 4 members (excludes halogenated alkanes) is 1. The highest BCUT2D eigenvalue weighted by Gasteiger charge is 2.23. The Morgan fingerprint density at radius 1 is 1.11 bits per heavy atom. The maximum Gasteiger partial charge on any atom is 0.219 e. The van der Waals surface area contributed by atoms with Crippen LogP contribution in [0, 0.1) is 0 Å². The molecule has 1 saturated heterocycles. The Balaban J connectivity index is 2.15. The third kappa shape index (κ3) is 5.36. The lowest BCUT2D eigenvalue weighted by Gasteiger charge is -2.36. The van der Waals surface area contributed by atoms with E-state index in [4.69, 9.17) is 0 Å². The third-order valence-electron chi connectivity index (χ3n) is 3.90. The van der Waals surface area contributed by atoms with E-state index in [2.05, 4.69) is 30.9 Å². The zero-order chi connectivity index (χ0) is 13.5. The van der Waals surface area contributed by atoms with E-state index in [1.165, 1.54) is 25.9 Å². The first kappa shape index (κ1) is 15.4. The second-order valence-corrected chi connectivity index (χ2v) is 5.73. The van der Waals surface area contributed by atoms with Crippen LogP contribution in [0.25, 0.3) is 0 Å². The zero-order valence-electron chi connectivity index (χ0n) is 12.5. The van der Waals surface area contributed by atoms with Crippen molar-refractivity contribution in [2.75, 3.05) is 47.3 Å². The van der Waals surface area contributed by atoms with Gasteiger partial charge in [0, 0.05) is 26.1 Å². The molecule has 0 aromatic rings. The summed E-state index contributed by atoms with van der Waals surface area (Å²) in [6, 6.07) is 0.667. The highest BCUT2D eigenvalue weighted by atomic mass is 16.2. The topological polar surface area (TPSA) is 26.8 Å². The molecule has 0 aromatic heterocycles. The van der Waals surface area contributed by atoms with Crippen LogP contribution in [-0.4, -0.2) is 74.0 Å². The molecule has 1 rings (SSSR count). The summed E-state index contributed by atoms with van der Waals surface area (Å²) in [6.07, 6.45) is 4.79. The summed E-state index contributed by atoms with van der Waals surface area (Å²) in [5.74, 6) is 0.224. The van der Waals surface area contributed by atoms with Crippen molar-refractivity contribution in [3.8, 4) is 0 Å². The van der Waals surface area contributed by atoms with Gasteiger partial charge in [-0.15, -0.1) is 0 Å². The summed E-state index contributed by atoms with van der Waals surface area (Å²) < 4.78 is 0. The smallest absolute Gasteiger partial charge is 0.219 e. The maximum atomic E-state index is 11.3. The van der Waals surface area contributed by atoms with Crippen molar-refractivity contribution in [2.45, 2.75) is 38.6 Å². The number of piperidine rings is 1. The summed E-state index contributed by atoms with van der Waals surface area (Å²) in [5, 5.41) is 0. The standard InChI is InChI=1S/C14H29N3O/c1-13(18)17-11-7-14(8-12-17)16(4)10-6-5-9-15(2)3/h14H,5-12H2,1-4H3. The van der Waals surface area contributed by atoms with Crippen LogP contribution in [0.2, 0.25) is 0 Å². The lowest BCUT2D eigenvalue weighted by Crippen LogP contribution is -2.45. The van der Waals surface area contributed by atoms with E-state index in [-0.39, 0.29) is 5.91 Å². The molecule has 0 unspecified atom stereocenters. The van der Waals surface area contributed by atoms with Gasteiger partial charge >= 0.3 is 0 Å². The molecular weight excluding hydrogens is 226 g/mol. The van der Waals surface area contributed by atoms with Gasteiger partial charge in [-0.05, 0) is 59.9 Å². The predicted octanol–water partition coefficient (Wildman–Crippen LogP) is 1.27. The molecule has 1 amide bonds. The predicted molar refractivity (Wildman–Crippen MR) is 75.7 cm³/mol. The van der Waals surface area contributed by atoms with Gasteiger partial charge in [-0.3, -0.25) is 4.79 Å². The Morgan fingerprint density at radius 2 is 1.67 bits per heavy atom. The largest absolute Gasteiger partial charge is 0.343 e. The van der Waals surface area contributed by atoms with E-state index in [9.17, 15) is 4.79 Å². The van der Waals surface area contributed by atoms with E-state index >= 15 is 0 Å². The van der Waals surface area contributed by atoms with Crippen molar-refractivity contribution >= 4 is 5.91 Å². The summed E-state index contributed by atoms with van der Waals surface area (Å²) in [6.45, 7) is 5.89. The van der Waals surface area contributed by atoms with Crippen LogP contribution in [0.15, 0.2) is 0 Å². The SMILES string of the molecule is CC(=O)N1CCC(N(C)CCCCN(C)C)CC1. The number of nitrogens with zero attached hydrogens (tertiary/aromatic N) is 3. The van der Waals surface area contributed by atoms with Crippen molar-refractivity contribution in [1.29, 1.82) is 0 Å². The van der Waals surface area contributed by atoms with Crippen molar-refractivity contribution in [1.82, 2.24) is 14.7 Å². The number of hydrogen-bond donors (Lipinski definition) is 0. The molecule has 18 heavy (non-hydrogen) atoms. The molecule has 4 nitrogen and oxygen atoms in total. The van der Waals surface area contributed by atoms with Crippen molar-refractivity contribution in [2.24, 2.45) is 0 Å². The van der Waals surface area contributed by atoms with Crippen LogP contribution in [-0.2, 0) is 4.79 Å². The molecule has 1 aliphatic rings. The summed E-state index contributed by atoms with van der Waals surface area (Å²) in [7, 11) is 6.48. The molecule has 0 aromatic carbocycles. The van der Waals surface area contributed by atoms with Crippen LogP contribution >= 0.6 is 0 Å². The fraction of sp³-hybridized carbons (Fsp3) is 0.929. The van der Waals surface area contributed by atoms with Gasteiger partial charge in [-0.1, -0.05) is 0 Å². The van der Waals surface area contributed by atoms with Crippen LogP contribution in [0.1, 0.15) is 32.6 Å². The number of likely N-dealkylation sites (tertiary alicyclic amines) is 1. The number of amides is 1. The molecule has 4 heteroatoms. The van der Waals surface area contributed by atoms with Gasteiger partial charge in [0.1, 0.15) is 0 Å². The van der Waals surface area contributed by atoms with Crippen LogP contribution < -0.4 is 0 Å². The number of carbonyl (C=O) groups is 1. The highest BCUT2D eigenvalue weighted by molar-refractivity contribution is 5.73. The van der Waals surface area contributed by atoms with Gasteiger partial charge in [0.15, 0.2) is 0 Å². The molecule has 0 bridgehead atoms. The maximum absolute atomic E-state index is 11.3. The van der Waals surface area contributed by atoms with Crippen molar-refractivity contribution in [3.63, 3.8) is 0 Å². The first-order chi connectivity index (χ1) is 8.50. The lowest BCUT2D eigenvalue weighted by molar-refractivity contribution is -0.130. The number of carbonyl (C=O) groups excluding carboxylic acids is 1. The fourth-order valence-corrected chi connectivity index (χ4v) is 2.59. The molecule has 0 N–H and O–H groups in total. The summed E-state index contributed by atoms with van der Waals surface area (Å²) >= 11 is 0. The molecule has 1 fully saturated rings. The van der Waals surface area contributed by atoms with Crippen LogP contribution in [0.3, 0.4) is 0 Å². The minimum absolute atomic E-state index is 0.224. The highest BCUT2D eigenvalue weighted by Crippen LogP contribution is 2.15. The van der Waals surface area contributed by atoms with Gasteiger partial charge in [-0.25, -0.2) is 0 Å². The molecular formula is C14H29N3O. The Morgan fingerprint density at radius 3 is 2.17 bits per heavy atom. The molecule has 106 valence electrons. The molecule has 0 spiro atoms. The van der Waals surface area contributed by atoms with Gasteiger partial charge in [0.05, 0.1) is 0 Å². The molecule has 1 aliphatic heterocycles. The minimum Gasteiger partial charge on any atom is -0.343 e. The van der Waals surface area contributed by atoms with E-state index in [0.29, 0.717) is 6.04 Å².